The molecule has 0 aromatic carbocycles. The van der Waals surface area contributed by atoms with Crippen molar-refractivity contribution in [2.45, 2.75) is 32.7 Å². The molecule has 1 heterocycles. The number of nitrogens with zero attached hydrogens (tertiary/aromatic N) is 1. The minimum Gasteiger partial charge on any atom is -0.315 e. The Kier molecular flexibility index (Phi) is 3.06. The van der Waals surface area contributed by atoms with E-state index < -0.39 is 0 Å². The SMILES string of the molecule is CNCc1cc(C(C)(C)C)n[nH]c1=O. The highest BCUT2D eigenvalue weighted by atomic mass is 16.1. The maximum Gasteiger partial charge on any atom is 0.268 e. The lowest BCUT2D eigenvalue weighted by molar-refractivity contribution is 0.554. The molecule has 4 nitrogen and oxygen atoms in total. The van der Waals surface area contributed by atoms with E-state index >= 15 is 0 Å². The molecule has 0 aliphatic rings. The lowest BCUT2D eigenvalue weighted by Gasteiger charge is -2.17. The summed E-state index contributed by atoms with van der Waals surface area (Å²) >= 11 is 0. The average Bonchev–Trinajstić information content (AvgIpc) is 2.07. The zero-order chi connectivity index (χ0) is 10.8. The Bertz CT molecular complexity index is 362. The Morgan fingerprint density at radius 1 is 1.50 bits per heavy atom. The van der Waals surface area contributed by atoms with Crippen molar-refractivity contribution in [1.29, 1.82) is 0 Å². The predicted molar refractivity (Wildman–Crippen MR) is 56.3 cm³/mol. The molecule has 14 heavy (non-hydrogen) atoms. The van der Waals surface area contributed by atoms with Crippen molar-refractivity contribution in [3.05, 3.63) is 27.7 Å². The zero-order valence-corrected chi connectivity index (χ0v) is 9.14. The van der Waals surface area contributed by atoms with Gasteiger partial charge >= 0.3 is 0 Å². The highest BCUT2D eigenvalue weighted by molar-refractivity contribution is 5.18. The number of hydrogen-bond acceptors (Lipinski definition) is 3. The van der Waals surface area contributed by atoms with E-state index in [-0.39, 0.29) is 11.0 Å². The van der Waals surface area contributed by atoms with Crippen LogP contribution in [0.1, 0.15) is 32.0 Å². The minimum absolute atomic E-state index is 0.0350. The van der Waals surface area contributed by atoms with Crippen LogP contribution in [0.15, 0.2) is 10.9 Å². The van der Waals surface area contributed by atoms with E-state index in [9.17, 15) is 4.79 Å². The van der Waals surface area contributed by atoms with Crippen molar-refractivity contribution in [2.24, 2.45) is 0 Å². The molecule has 0 bridgehead atoms. The lowest BCUT2D eigenvalue weighted by atomic mass is 9.91. The van der Waals surface area contributed by atoms with Gasteiger partial charge in [0.05, 0.1) is 5.69 Å². The fraction of sp³-hybridized carbons (Fsp3) is 0.600. The van der Waals surface area contributed by atoms with Crippen molar-refractivity contribution in [2.75, 3.05) is 7.05 Å². The van der Waals surface area contributed by atoms with Crippen LogP contribution in [0, 0.1) is 0 Å². The van der Waals surface area contributed by atoms with E-state index in [1.807, 2.05) is 13.1 Å². The van der Waals surface area contributed by atoms with E-state index in [0.29, 0.717) is 6.54 Å². The van der Waals surface area contributed by atoms with E-state index in [0.717, 1.165) is 11.3 Å². The van der Waals surface area contributed by atoms with Gasteiger partial charge in [0.15, 0.2) is 0 Å². The number of H-pyrrole nitrogens is 1. The molecule has 78 valence electrons. The molecule has 0 aliphatic carbocycles. The highest BCUT2D eigenvalue weighted by Crippen LogP contribution is 2.18. The topological polar surface area (TPSA) is 57.8 Å². The quantitative estimate of drug-likeness (QED) is 0.733. The standard InChI is InChI=1S/C10H17N3O/c1-10(2,3)8-5-7(6-11-4)9(14)13-12-8/h5,11H,6H2,1-4H3,(H,13,14). The first-order chi connectivity index (χ1) is 6.45. The molecule has 0 saturated carbocycles. The number of nitrogens with one attached hydrogen (secondary N) is 2. The molecule has 0 fully saturated rings. The molecule has 0 atom stereocenters. The summed E-state index contributed by atoms with van der Waals surface area (Å²) in [5, 5.41) is 9.50. The predicted octanol–water partition coefficient (Wildman–Crippen LogP) is 0.787. The van der Waals surface area contributed by atoms with Gasteiger partial charge in [-0.1, -0.05) is 20.8 Å². The molecular weight excluding hydrogens is 178 g/mol. The van der Waals surface area contributed by atoms with Gasteiger partial charge in [0.2, 0.25) is 0 Å². The number of aromatic amines is 1. The van der Waals surface area contributed by atoms with Gasteiger partial charge in [0.1, 0.15) is 0 Å². The van der Waals surface area contributed by atoms with Crippen LogP contribution in [-0.2, 0) is 12.0 Å². The van der Waals surface area contributed by atoms with Crippen molar-refractivity contribution in [1.82, 2.24) is 15.5 Å². The Labute approximate surface area is 83.7 Å². The second-order valence-corrected chi connectivity index (χ2v) is 4.39. The van der Waals surface area contributed by atoms with Gasteiger partial charge in [-0.25, -0.2) is 5.10 Å². The summed E-state index contributed by atoms with van der Waals surface area (Å²) in [6.45, 7) is 6.77. The molecule has 2 N–H and O–H groups in total. The summed E-state index contributed by atoms with van der Waals surface area (Å²) in [7, 11) is 1.82. The summed E-state index contributed by atoms with van der Waals surface area (Å²) in [5.74, 6) is 0. The van der Waals surface area contributed by atoms with E-state index in [1.54, 1.807) is 0 Å². The van der Waals surface area contributed by atoms with Crippen molar-refractivity contribution in [3.63, 3.8) is 0 Å². The van der Waals surface area contributed by atoms with Crippen LogP contribution in [0.25, 0.3) is 0 Å². The Morgan fingerprint density at radius 2 is 2.14 bits per heavy atom. The van der Waals surface area contributed by atoms with Gasteiger partial charge in [-0.15, -0.1) is 0 Å². The van der Waals surface area contributed by atoms with Crippen LogP contribution in [0.5, 0.6) is 0 Å². The second kappa shape index (κ2) is 3.92. The third-order valence-electron chi connectivity index (χ3n) is 2.02. The third kappa shape index (κ3) is 2.42. The summed E-state index contributed by atoms with van der Waals surface area (Å²) < 4.78 is 0. The normalized spacial score (nSPS) is 11.7. The summed E-state index contributed by atoms with van der Waals surface area (Å²) in [6, 6.07) is 1.86. The third-order valence-corrected chi connectivity index (χ3v) is 2.02. The Hall–Kier alpha value is -1.16. The molecule has 0 amide bonds. The fourth-order valence-corrected chi connectivity index (χ4v) is 1.15. The lowest BCUT2D eigenvalue weighted by Crippen LogP contribution is -2.24. The van der Waals surface area contributed by atoms with Crippen LogP contribution in [0.2, 0.25) is 0 Å². The van der Waals surface area contributed by atoms with Crippen molar-refractivity contribution >= 4 is 0 Å². The van der Waals surface area contributed by atoms with E-state index in [4.69, 9.17) is 0 Å². The number of aromatic nitrogens is 2. The number of rotatable bonds is 2. The van der Waals surface area contributed by atoms with E-state index in [1.165, 1.54) is 0 Å². The summed E-state index contributed by atoms with van der Waals surface area (Å²) in [6.07, 6.45) is 0. The molecule has 1 aromatic heterocycles. The van der Waals surface area contributed by atoms with Gasteiger partial charge < -0.3 is 5.32 Å². The molecule has 0 aliphatic heterocycles. The highest BCUT2D eigenvalue weighted by Gasteiger charge is 2.16. The molecule has 1 rings (SSSR count). The second-order valence-electron chi connectivity index (χ2n) is 4.39. The van der Waals surface area contributed by atoms with Crippen LogP contribution < -0.4 is 10.9 Å². The average molecular weight is 195 g/mol. The maximum atomic E-state index is 11.3. The first kappa shape index (κ1) is 10.9. The summed E-state index contributed by atoms with van der Waals surface area (Å²) in [5.41, 5.74) is 1.48. The molecule has 0 spiro atoms. The van der Waals surface area contributed by atoms with Gasteiger partial charge in [-0.2, -0.15) is 5.10 Å². The molecule has 0 unspecified atom stereocenters. The largest absolute Gasteiger partial charge is 0.315 e. The van der Waals surface area contributed by atoms with Crippen LogP contribution in [-0.4, -0.2) is 17.2 Å². The monoisotopic (exact) mass is 195 g/mol. The molecule has 4 heteroatoms. The summed E-state index contributed by atoms with van der Waals surface area (Å²) in [4.78, 5) is 11.3. The Morgan fingerprint density at radius 3 is 2.64 bits per heavy atom. The van der Waals surface area contributed by atoms with Crippen LogP contribution >= 0.6 is 0 Å². The van der Waals surface area contributed by atoms with Crippen LogP contribution in [0.3, 0.4) is 0 Å². The zero-order valence-electron chi connectivity index (χ0n) is 9.14. The van der Waals surface area contributed by atoms with Crippen LogP contribution in [0.4, 0.5) is 0 Å². The molecule has 0 saturated heterocycles. The first-order valence-corrected chi connectivity index (χ1v) is 4.69. The minimum atomic E-state index is -0.118. The van der Waals surface area contributed by atoms with Gasteiger partial charge in [0, 0.05) is 17.5 Å². The Balaban J connectivity index is 3.13. The molecule has 1 aromatic rings. The fourth-order valence-electron chi connectivity index (χ4n) is 1.15. The maximum absolute atomic E-state index is 11.3. The first-order valence-electron chi connectivity index (χ1n) is 4.69. The van der Waals surface area contributed by atoms with Gasteiger partial charge in [0.25, 0.3) is 5.56 Å². The molecule has 0 radical (unpaired) electrons. The number of hydrogen-bond donors (Lipinski definition) is 2. The van der Waals surface area contributed by atoms with Crippen molar-refractivity contribution in [3.8, 4) is 0 Å². The van der Waals surface area contributed by atoms with E-state index in [2.05, 4.69) is 36.3 Å². The van der Waals surface area contributed by atoms with Gasteiger partial charge in [-0.3, -0.25) is 4.79 Å². The van der Waals surface area contributed by atoms with Crippen molar-refractivity contribution < 1.29 is 0 Å². The molecular formula is C10H17N3O. The van der Waals surface area contributed by atoms with Gasteiger partial charge in [-0.05, 0) is 13.1 Å². The smallest absolute Gasteiger partial charge is 0.268 e.